The molecule has 82 valence electrons. The average Bonchev–Trinajstić information content (AvgIpc) is 2.63. The van der Waals surface area contributed by atoms with Crippen LogP contribution in [0.15, 0.2) is 39.5 Å². The molecule has 0 saturated heterocycles. The summed E-state index contributed by atoms with van der Waals surface area (Å²) in [6, 6.07) is 5.58. The number of nitrogens with one attached hydrogen (secondary N) is 1. The van der Waals surface area contributed by atoms with Crippen molar-refractivity contribution < 1.29 is 0 Å². The number of nitrogens with two attached hydrogens (primary N) is 1. The summed E-state index contributed by atoms with van der Waals surface area (Å²) < 4.78 is 3.33. The summed E-state index contributed by atoms with van der Waals surface area (Å²) in [4.78, 5) is 0. The first kappa shape index (κ1) is 11.3. The van der Waals surface area contributed by atoms with E-state index in [1.807, 2.05) is 24.4 Å². The minimum atomic E-state index is 0.00842. The van der Waals surface area contributed by atoms with Crippen LogP contribution in [-0.2, 0) is 0 Å². The Morgan fingerprint density at radius 1 is 1.38 bits per heavy atom. The van der Waals surface area contributed by atoms with Crippen LogP contribution >= 0.6 is 31.9 Å². The van der Waals surface area contributed by atoms with Crippen LogP contribution in [0.5, 0.6) is 0 Å². The van der Waals surface area contributed by atoms with E-state index in [0.717, 1.165) is 14.6 Å². The Morgan fingerprint density at radius 3 is 2.69 bits per heavy atom. The SMILES string of the molecule is N=C(N)c1c(Br)cccc1-n1cc(Br)cn1. The van der Waals surface area contributed by atoms with Gasteiger partial charge in [-0.15, -0.1) is 0 Å². The topological polar surface area (TPSA) is 67.7 Å². The van der Waals surface area contributed by atoms with Crippen molar-refractivity contribution in [1.82, 2.24) is 9.78 Å². The zero-order chi connectivity index (χ0) is 11.7. The lowest BCUT2D eigenvalue weighted by atomic mass is 10.1. The van der Waals surface area contributed by atoms with Gasteiger partial charge >= 0.3 is 0 Å². The van der Waals surface area contributed by atoms with E-state index in [9.17, 15) is 0 Å². The molecule has 1 aromatic carbocycles. The molecule has 1 aromatic heterocycles. The summed E-state index contributed by atoms with van der Waals surface area (Å²) in [5.41, 5.74) is 6.97. The molecule has 0 saturated carbocycles. The van der Waals surface area contributed by atoms with Gasteiger partial charge in [-0.3, -0.25) is 5.41 Å². The number of nitrogens with zero attached hydrogens (tertiary/aromatic N) is 2. The Bertz CT molecular complexity index is 548. The Balaban J connectivity index is 2.65. The van der Waals surface area contributed by atoms with Crippen LogP contribution in [0.4, 0.5) is 0 Å². The summed E-state index contributed by atoms with van der Waals surface area (Å²) >= 11 is 6.71. The van der Waals surface area contributed by atoms with E-state index in [2.05, 4.69) is 37.0 Å². The number of benzene rings is 1. The van der Waals surface area contributed by atoms with E-state index >= 15 is 0 Å². The number of aromatic nitrogens is 2. The monoisotopic (exact) mass is 342 g/mol. The Morgan fingerprint density at radius 2 is 2.12 bits per heavy atom. The van der Waals surface area contributed by atoms with E-state index in [1.54, 1.807) is 10.9 Å². The van der Waals surface area contributed by atoms with Gasteiger partial charge in [0.05, 0.1) is 21.9 Å². The van der Waals surface area contributed by atoms with Crippen molar-refractivity contribution in [3.8, 4) is 5.69 Å². The van der Waals surface area contributed by atoms with Gasteiger partial charge in [0.2, 0.25) is 0 Å². The average molecular weight is 344 g/mol. The van der Waals surface area contributed by atoms with Crippen molar-refractivity contribution in [2.24, 2.45) is 5.73 Å². The largest absolute Gasteiger partial charge is 0.384 e. The van der Waals surface area contributed by atoms with Crippen LogP contribution < -0.4 is 5.73 Å². The molecule has 0 spiro atoms. The first-order valence-electron chi connectivity index (χ1n) is 4.43. The summed E-state index contributed by atoms with van der Waals surface area (Å²) in [5, 5.41) is 11.7. The third-order valence-corrected chi connectivity index (χ3v) is 3.13. The molecule has 3 N–H and O–H groups in total. The van der Waals surface area contributed by atoms with Gasteiger partial charge in [0.15, 0.2) is 0 Å². The molecule has 0 bridgehead atoms. The maximum atomic E-state index is 7.57. The van der Waals surface area contributed by atoms with Crippen LogP contribution in [0.1, 0.15) is 5.56 Å². The quantitative estimate of drug-likeness (QED) is 0.650. The van der Waals surface area contributed by atoms with Gasteiger partial charge in [-0.25, -0.2) is 4.68 Å². The van der Waals surface area contributed by atoms with Gasteiger partial charge in [-0.1, -0.05) is 6.07 Å². The number of amidine groups is 1. The first-order chi connectivity index (χ1) is 7.59. The molecular formula is C10H8Br2N4. The molecule has 0 radical (unpaired) electrons. The fraction of sp³-hybridized carbons (Fsp3) is 0. The molecule has 0 aliphatic carbocycles. The molecule has 6 heteroatoms. The lowest BCUT2D eigenvalue weighted by Crippen LogP contribution is -2.15. The Labute approximate surface area is 109 Å². The summed E-state index contributed by atoms with van der Waals surface area (Å²) in [6.07, 6.45) is 3.50. The predicted molar refractivity (Wildman–Crippen MR) is 70.0 cm³/mol. The molecule has 16 heavy (non-hydrogen) atoms. The third-order valence-electron chi connectivity index (χ3n) is 2.06. The van der Waals surface area contributed by atoms with Crippen LogP contribution in [0.3, 0.4) is 0 Å². The second kappa shape index (κ2) is 4.39. The normalized spacial score (nSPS) is 10.4. The van der Waals surface area contributed by atoms with E-state index in [-0.39, 0.29) is 5.84 Å². The molecule has 1 heterocycles. The highest BCUT2D eigenvalue weighted by Crippen LogP contribution is 2.23. The van der Waals surface area contributed by atoms with E-state index in [1.165, 1.54) is 0 Å². The maximum Gasteiger partial charge on any atom is 0.126 e. The van der Waals surface area contributed by atoms with Gasteiger partial charge in [0.1, 0.15) is 5.84 Å². The van der Waals surface area contributed by atoms with Crippen molar-refractivity contribution in [2.45, 2.75) is 0 Å². The first-order valence-corrected chi connectivity index (χ1v) is 6.01. The summed E-state index contributed by atoms with van der Waals surface area (Å²) in [7, 11) is 0. The Hall–Kier alpha value is -1.14. The van der Waals surface area contributed by atoms with Crippen LogP contribution in [0.25, 0.3) is 5.69 Å². The summed E-state index contributed by atoms with van der Waals surface area (Å²) in [5.74, 6) is 0.00842. The molecule has 0 aliphatic rings. The van der Waals surface area contributed by atoms with Crippen molar-refractivity contribution in [2.75, 3.05) is 0 Å². The molecule has 4 nitrogen and oxygen atoms in total. The molecular weight excluding hydrogens is 336 g/mol. The highest BCUT2D eigenvalue weighted by Gasteiger charge is 2.11. The molecule has 0 unspecified atom stereocenters. The minimum Gasteiger partial charge on any atom is -0.384 e. The second-order valence-electron chi connectivity index (χ2n) is 3.15. The number of hydrogen-bond donors (Lipinski definition) is 2. The molecule has 0 amide bonds. The van der Waals surface area contributed by atoms with E-state index < -0.39 is 0 Å². The van der Waals surface area contributed by atoms with Gasteiger partial charge in [0.25, 0.3) is 0 Å². The fourth-order valence-electron chi connectivity index (χ4n) is 1.40. The van der Waals surface area contributed by atoms with E-state index in [0.29, 0.717) is 5.56 Å². The van der Waals surface area contributed by atoms with Crippen LogP contribution in [0, 0.1) is 5.41 Å². The van der Waals surface area contributed by atoms with Crippen molar-refractivity contribution in [1.29, 1.82) is 5.41 Å². The van der Waals surface area contributed by atoms with Crippen molar-refractivity contribution >= 4 is 37.7 Å². The lowest BCUT2D eigenvalue weighted by Gasteiger charge is -2.09. The predicted octanol–water partition coefficient (Wildman–Crippen LogP) is 2.68. The maximum absolute atomic E-state index is 7.57. The second-order valence-corrected chi connectivity index (χ2v) is 4.92. The lowest BCUT2D eigenvalue weighted by molar-refractivity contribution is 0.877. The number of nitrogen functional groups attached to an aromatic ring is 1. The standard InChI is InChI=1S/C10H8Br2N4/c11-6-4-15-16(5-6)8-3-1-2-7(12)9(8)10(13)14/h1-5H,(H3,13,14). The van der Waals surface area contributed by atoms with Gasteiger partial charge in [0, 0.05) is 10.7 Å². The Kier molecular flexibility index (Phi) is 3.11. The number of halogens is 2. The highest BCUT2D eigenvalue weighted by atomic mass is 79.9. The van der Waals surface area contributed by atoms with Gasteiger partial charge < -0.3 is 5.73 Å². The smallest absolute Gasteiger partial charge is 0.126 e. The number of hydrogen-bond acceptors (Lipinski definition) is 2. The van der Waals surface area contributed by atoms with Crippen molar-refractivity contribution in [3.05, 3.63) is 45.1 Å². The van der Waals surface area contributed by atoms with Crippen LogP contribution in [0.2, 0.25) is 0 Å². The molecule has 2 aromatic rings. The van der Waals surface area contributed by atoms with Crippen LogP contribution in [-0.4, -0.2) is 15.6 Å². The van der Waals surface area contributed by atoms with E-state index in [4.69, 9.17) is 11.1 Å². The van der Waals surface area contributed by atoms with Crippen molar-refractivity contribution in [3.63, 3.8) is 0 Å². The minimum absolute atomic E-state index is 0.00842. The molecule has 0 atom stereocenters. The third kappa shape index (κ3) is 2.03. The highest BCUT2D eigenvalue weighted by molar-refractivity contribution is 9.10. The summed E-state index contributed by atoms with van der Waals surface area (Å²) in [6.45, 7) is 0. The number of rotatable bonds is 2. The molecule has 0 aliphatic heterocycles. The fourth-order valence-corrected chi connectivity index (χ4v) is 2.26. The molecule has 2 rings (SSSR count). The molecule has 0 fully saturated rings. The van der Waals surface area contributed by atoms with Gasteiger partial charge in [-0.05, 0) is 44.0 Å². The zero-order valence-corrected chi connectivity index (χ0v) is 11.3. The zero-order valence-electron chi connectivity index (χ0n) is 8.11. The van der Waals surface area contributed by atoms with Gasteiger partial charge in [-0.2, -0.15) is 5.10 Å².